The molecule has 0 bridgehead atoms. The van der Waals surface area contributed by atoms with Crippen LogP contribution < -0.4 is 4.90 Å². The number of hydrogen-bond donors (Lipinski definition) is 0. The first kappa shape index (κ1) is 13.2. The van der Waals surface area contributed by atoms with E-state index in [1.165, 1.54) is 11.1 Å². The first-order chi connectivity index (χ1) is 9.72. The Morgan fingerprint density at radius 3 is 2.60 bits per heavy atom. The molecule has 0 aliphatic carbocycles. The lowest BCUT2D eigenvalue weighted by Crippen LogP contribution is -2.46. The highest BCUT2D eigenvalue weighted by Gasteiger charge is 2.19. The van der Waals surface area contributed by atoms with Gasteiger partial charge in [0.15, 0.2) is 0 Å². The number of hydrogen-bond acceptors (Lipinski definition) is 3. The van der Waals surface area contributed by atoms with Gasteiger partial charge < -0.3 is 9.47 Å². The van der Waals surface area contributed by atoms with E-state index >= 15 is 0 Å². The number of rotatable bonds is 3. The van der Waals surface area contributed by atoms with Crippen LogP contribution in [0, 0.1) is 6.92 Å². The van der Waals surface area contributed by atoms with Gasteiger partial charge in [0.1, 0.15) is 0 Å². The molecule has 1 aliphatic rings. The first-order valence-corrected chi connectivity index (χ1v) is 7.22. The largest absolute Gasteiger partial charge is 0.340 e. The van der Waals surface area contributed by atoms with Crippen LogP contribution in [-0.4, -0.2) is 40.6 Å². The van der Waals surface area contributed by atoms with Crippen LogP contribution >= 0.6 is 0 Å². The lowest BCUT2D eigenvalue weighted by Gasteiger charge is -2.35. The highest BCUT2D eigenvalue weighted by Crippen LogP contribution is 2.15. The van der Waals surface area contributed by atoms with Gasteiger partial charge in [-0.3, -0.25) is 4.90 Å². The second-order valence-electron chi connectivity index (χ2n) is 5.59. The molecule has 20 heavy (non-hydrogen) atoms. The van der Waals surface area contributed by atoms with Crippen molar-refractivity contribution in [3.8, 4) is 0 Å². The Labute approximate surface area is 120 Å². The molecule has 0 atom stereocenters. The van der Waals surface area contributed by atoms with E-state index in [2.05, 4.69) is 57.6 Å². The summed E-state index contributed by atoms with van der Waals surface area (Å²) in [5.41, 5.74) is 2.75. The van der Waals surface area contributed by atoms with E-state index in [-0.39, 0.29) is 0 Å². The third-order valence-corrected chi connectivity index (χ3v) is 3.94. The maximum absolute atomic E-state index is 4.43. The van der Waals surface area contributed by atoms with Crippen molar-refractivity contribution in [3.05, 3.63) is 47.8 Å². The molecule has 3 rings (SSSR count). The summed E-state index contributed by atoms with van der Waals surface area (Å²) in [6.07, 6.45) is 3.88. The van der Waals surface area contributed by atoms with Crippen molar-refractivity contribution in [2.24, 2.45) is 7.05 Å². The van der Waals surface area contributed by atoms with Gasteiger partial charge in [0, 0.05) is 52.2 Å². The minimum Gasteiger partial charge on any atom is -0.340 e. The predicted molar refractivity (Wildman–Crippen MR) is 81.9 cm³/mol. The zero-order valence-corrected chi connectivity index (χ0v) is 12.3. The summed E-state index contributed by atoms with van der Waals surface area (Å²) in [6, 6.07) is 8.81. The molecule has 4 heteroatoms. The van der Waals surface area contributed by atoms with Crippen molar-refractivity contribution >= 4 is 5.95 Å². The van der Waals surface area contributed by atoms with Crippen LogP contribution in [0.2, 0.25) is 0 Å². The van der Waals surface area contributed by atoms with Crippen LogP contribution in [0.5, 0.6) is 0 Å². The SMILES string of the molecule is Cc1cccc(CN2CCN(c3nccn3C)CC2)c1. The van der Waals surface area contributed by atoms with Crippen molar-refractivity contribution in [2.75, 3.05) is 31.1 Å². The average Bonchev–Trinajstić information content (AvgIpc) is 2.86. The standard InChI is InChI=1S/C16H22N4/c1-14-4-3-5-15(12-14)13-19-8-10-20(11-9-19)16-17-6-7-18(16)2/h3-7,12H,8-11,13H2,1-2H3. The molecule has 1 saturated heterocycles. The van der Waals surface area contributed by atoms with Crippen molar-refractivity contribution < 1.29 is 0 Å². The molecule has 106 valence electrons. The number of aryl methyl sites for hydroxylation is 2. The fourth-order valence-electron chi connectivity index (χ4n) is 2.84. The second kappa shape index (κ2) is 5.67. The molecule has 1 aromatic carbocycles. The topological polar surface area (TPSA) is 24.3 Å². The molecular weight excluding hydrogens is 248 g/mol. The molecule has 1 fully saturated rings. The van der Waals surface area contributed by atoms with Gasteiger partial charge in [0.2, 0.25) is 5.95 Å². The number of benzene rings is 1. The minimum atomic E-state index is 1.05. The zero-order chi connectivity index (χ0) is 13.9. The molecule has 1 aliphatic heterocycles. The first-order valence-electron chi connectivity index (χ1n) is 7.22. The average molecular weight is 270 g/mol. The van der Waals surface area contributed by atoms with Crippen LogP contribution in [0.4, 0.5) is 5.95 Å². The Bertz CT molecular complexity index is 567. The van der Waals surface area contributed by atoms with Gasteiger partial charge in [-0.1, -0.05) is 29.8 Å². The van der Waals surface area contributed by atoms with E-state index in [0.29, 0.717) is 0 Å². The zero-order valence-electron chi connectivity index (χ0n) is 12.3. The number of nitrogens with zero attached hydrogens (tertiary/aromatic N) is 4. The van der Waals surface area contributed by atoms with E-state index in [4.69, 9.17) is 0 Å². The Kier molecular flexibility index (Phi) is 3.74. The molecule has 2 aromatic rings. The Morgan fingerprint density at radius 1 is 1.15 bits per heavy atom. The minimum absolute atomic E-state index is 1.05. The Morgan fingerprint density at radius 2 is 1.95 bits per heavy atom. The normalized spacial score (nSPS) is 16.6. The third-order valence-electron chi connectivity index (χ3n) is 3.94. The maximum Gasteiger partial charge on any atom is 0.205 e. The molecule has 0 saturated carbocycles. The summed E-state index contributed by atoms with van der Waals surface area (Å²) in [6.45, 7) is 7.51. The summed E-state index contributed by atoms with van der Waals surface area (Å²) >= 11 is 0. The van der Waals surface area contributed by atoms with Gasteiger partial charge in [0.25, 0.3) is 0 Å². The van der Waals surface area contributed by atoms with E-state index < -0.39 is 0 Å². The van der Waals surface area contributed by atoms with E-state index in [0.717, 1.165) is 38.7 Å². The molecular formula is C16H22N4. The van der Waals surface area contributed by atoms with E-state index in [1.807, 2.05) is 12.4 Å². The number of piperazine rings is 1. The van der Waals surface area contributed by atoms with Gasteiger partial charge >= 0.3 is 0 Å². The molecule has 4 nitrogen and oxygen atoms in total. The number of aromatic nitrogens is 2. The van der Waals surface area contributed by atoms with Crippen molar-refractivity contribution in [1.82, 2.24) is 14.5 Å². The molecule has 1 aromatic heterocycles. The maximum atomic E-state index is 4.43. The van der Waals surface area contributed by atoms with Gasteiger partial charge in [0.05, 0.1) is 0 Å². The molecule has 0 radical (unpaired) electrons. The van der Waals surface area contributed by atoms with E-state index in [1.54, 1.807) is 0 Å². The third kappa shape index (κ3) is 2.85. The Balaban J connectivity index is 1.58. The van der Waals surface area contributed by atoms with Crippen molar-refractivity contribution in [3.63, 3.8) is 0 Å². The van der Waals surface area contributed by atoms with E-state index in [9.17, 15) is 0 Å². The fraction of sp³-hybridized carbons (Fsp3) is 0.438. The summed E-state index contributed by atoms with van der Waals surface area (Å²) in [5, 5.41) is 0. The summed E-state index contributed by atoms with van der Waals surface area (Å²) < 4.78 is 2.09. The van der Waals surface area contributed by atoms with Crippen molar-refractivity contribution in [2.45, 2.75) is 13.5 Å². The molecule has 2 heterocycles. The lowest BCUT2D eigenvalue weighted by molar-refractivity contribution is 0.248. The second-order valence-corrected chi connectivity index (χ2v) is 5.59. The van der Waals surface area contributed by atoms with Crippen LogP contribution in [0.1, 0.15) is 11.1 Å². The van der Waals surface area contributed by atoms with Crippen LogP contribution in [0.15, 0.2) is 36.7 Å². The van der Waals surface area contributed by atoms with Crippen LogP contribution in [-0.2, 0) is 13.6 Å². The quantitative estimate of drug-likeness (QED) is 0.853. The number of imidazole rings is 1. The van der Waals surface area contributed by atoms with Gasteiger partial charge in [-0.05, 0) is 12.5 Å². The van der Waals surface area contributed by atoms with Gasteiger partial charge in [-0.2, -0.15) is 0 Å². The van der Waals surface area contributed by atoms with Crippen LogP contribution in [0.25, 0.3) is 0 Å². The van der Waals surface area contributed by atoms with Crippen LogP contribution in [0.3, 0.4) is 0 Å². The Hall–Kier alpha value is -1.81. The monoisotopic (exact) mass is 270 g/mol. The highest BCUT2D eigenvalue weighted by atomic mass is 15.3. The fourth-order valence-corrected chi connectivity index (χ4v) is 2.84. The lowest BCUT2D eigenvalue weighted by atomic mass is 10.1. The molecule has 0 spiro atoms. The van der Waals surface area contributed by atoms with Gasteiger partial charge in [-0.15, -0.1) is 0 Å². The molecule has 0 N–H and O–H groups in total. The summed E-state index contributed by atoms with van der Waals surface area (Å²) in [7, 11) is 2.06. The van der Waals surface area contributed by atoms with Gasteiger partial charge in [-0.25, -0.2) is 4.98 Å². The summed E-state index contributed by atoms with van der Waals surface area (Å²) in [5.74, 6) is 1.08. The highest BCUT2D eigenvalue weighted by molar-refractivity contribution is 5.31. The van der Waals surface area contributed by atoms with Crippen molar-refractivity contribution in [1.29, 1.82) is 0 Å². The molecule has 0 unspecified atom stereocenters. The number of anilines is 1. The summed E-state index contributed by atoms with van der Waals surface area (Å²) in [4.78, 5) is 9.32. The predicted octanol–water partition coefficient (Wildman–Crippen LogP) is 2.05. The molecule has 0 amide bonds. The smallest absolute Gasteiger partial charge is 0.205 e.